The van der Waals surface area contributed by atoms with Crippen molar-refractivity contribution >= 4 is 50.4 Å². The molecule has 0 aliphatic carbocycles. The zero-order chi connectivity index (χ0) is 8.72. The number of hydrogen-bond donors (Lipinski definition) is 1. The molecule has 1 aromatic carbocycles. The number of aromatic nitrogens is 1. The van der Waals surface area contributed by atoms with Gasteiger partial charge in [0, 0.05) is 0 Å². The molecule has 12 heavy (non-hydrogen) atoms. The summed E-state index contributed by atoms with van der Waals surface area (Å²) in [6, 6.07) is 3.61. The number of fused-ring (bicyclic) bond motifs is 1. The maximum atomic E-state index is 5.90. The zero-order valence-electron chi connectivity index (χ0n) is 5.84. The number of nitrogens with zero attached hydrogens (tertiary/aromatic N) is 1. The van der Waals surface area contributed by atoms with E-state index in [4.69, 9.17) is 28.9 Å². The lowest BCUT2D eigenvalue weighted by atomic mass is 10.3. The van der Waals surface area contributed by atoms with E-state index in [1.165, 1.54) is 11.3 Å². The van der Waals surface area contributed by atoms with Crippen molar-refractivity contribution < 1.29 is 0 Å². The highest BCUT2D eigenvalue weighted by Crippen LogP contribution is 2.33. The highest BCUT2D eigenvalue weighted by atomic mass is 35.5. The lowest BCUT2D eigenvalue weighted by Gasteiger charge is -1.95. The molecule has 0 unspecified atom stereocenters. The van der Waals surface area contributed by atoms with Gasteiger partial charge < -0.3 is 5.73 Å². The summed E-state index contributed by atoms with van der Waals surface area (Å²) in [7, 11) is 0. The third-order valence-electron chi connectivity index (χ3n) is 1.50. The minimum atomic E-state index is 0.482. The van der Waals surface area contributed by atoms with E-state index in [9.17, 15) is 0 Å². The molecule has 0 spiro atoms. The molecule has 0 saturated heterocycles. The Labute approximate surface area is 82.9 Å². The van der Waals surface area contributed by atoms with E-state index < -0.39 is 0 Å². The number of halogens is 2. The van der Waals surface area contributed by atoms with Gasteiger partial charge in [-0.25, -0.2) is 4.98 Å². The van der Waals surface area contributed by atoms with E-state index in [-0.39, 0.29) is 0 Å². The number of nitrogens with two attached hydrogens (primary N) is 1. The molecule has 0 atom stereocenters. The van der Waals surface area contributed by atoms with Crippen LogP contribution >= 0.6 is 34.5 Å². The highest BCUT2D eigenvalue weighted by Gasteiger charge is 2.07. The first kappa shape index (κ1) is 8.10. The average molecular weight is 219 g/mol. The number of hydrogen-bond acceptors (Lipinski definition) is 3. The molecule has 0 amide bonds. The van der Waals surface area contributed by atoms with Crippen LogP contribution in [0.3, 0.4) is 0 Å². The van der Waals surface area contributed by atoms with Crippen molar-refractivity contribution in [3.05, 3.63) is 21.6 Å². The van der Waals surface area contributed by atoms with Crippen LogP contribution in [0, 0.1) is 0 Å². The van der Waals surface area contributed by atoms with Crippen LogP contribution in [0.25, 0.3) is 10.2 Å². The monoisotopic (exact) mass is 218 g/mol. The standard InChI is InChI=1S/C7H4Cl2N2S/c8-5-3(10)1-2-4-6(5)11-7(9)12-4/h1-2H,10H2. The van der Waals surface area contributed by atoms with Crippen LogP contribution < -0.4 is 5.73 Å². The number of anilines is 1. The van der Waals surface area contributed by atoms with Gasteiger partial charge in [-0.1, -0.05) is 23.2 Å². The van der Waals surface area contributed by atoms with E-state index in [2.05, 4.69) is 4.98 Å². The summed E-state index contributed by atoms with van der Waals surface area (Å²) in [6.45, 7) is 0. The Morgan fingerprint density at radius 2 is 2.08 bits per heavy atom. The van der Waals surface area contributed by atoms with Gasteiger partial charge in [-0.2, -0.15) is 0 Å². The van der Waals surface area contributed by atoms with Crippen LogP contribution in [0.5, 0.6) is 0 Å². The molecule has 1 aromatic heterocycles. The minimum absolute atomic E-state index is 0.482. The first-order valence-electron chi connectivity index (χ1n) is 3.18. The van der Waals surface area contributed by atoms with Crippen molar-refractivity contribution in [2.24, 2.45) is 0 Å². The van der Waals surface area contributed by atoms with Crippen molar-refractivity contribution in [3.8, 4) is 0 Å². The molecule has 2 N–H and O–H groups in total. The number of nitrogen functional groups attached to an aromatic ring is 1. The average Bonchev–Trinajstić information content (AvgIpc) is 2.39. The Hall–Kier alpha value is -0.510. The second kappa shape index (κ2) is 2.76. The van der Waals surface area contributed by atoms with Gasteiger partial charge in [-0.3, -0.25) is 0 Å². The van der Waals surface area contributed by atoms with E-state index in [1.807, 2.05) is 6.07 Å². The third kappa shape index (κ3) is 1.14. The molecule has 5 heteroatoms. The summed E-state index contributed by atoms with van der Waals surface area (Å²) in [5, 5.41) is 0.482. The molecule has 0 fully saturated rings. The normalized spacial score (nSPS) is 10.8. The maximum Gasteiger partial charge on any atom is 0.184 e. The predicted octanol–water partition coefficient (Wildman–Crippen LogP) is 3.19. The van der Waals surface area contributed by atoms with Crippen LogP contribution in [-0.4, -0.2) is 4.98 Å². The van der Waals surface area contributed by atoms with E-state index >= 15 is 0 Å². The fourth-order valence-corrected chi connectivity index (χ4v) is 2.25. The summed E-state index contributed by atoms with van der Waals surface area (Å²) < 4.78 is 1.44. The molecule has 0 saturated carbocycles. The largest absolute Gasteiger partial charge is 0.397 e. The molecule has 1 heterocycles. The molecular weight excluding hydrogens is 215 g/mol. The first-order valence-corrected chi connectivity index (χ1v) is 4.76. The number of benzene rings is 1. The van der Waals surface area contributed by atoms with Crippen LogP contribution in [0.1, 0.15) is 0 Å². The zero-order valence-corrected chi connectivity index (χ0v) is 8.17. The summed E-state index contributed by atoms with van der Waals surface area (Å²) >= 11 is 13.0. The minimum Gasteiger partial charge on any atom is -0.397 e. The van der Waals surface area contributed by atoms with Gasteiger partial charge in [0.1, 0.15) is 5.52 Å². The van der Waals surface area contributed by atoms with Gasteiger partial charge in [0.05, 0.1) is 15.4 Å². The van der Waals surface area contributed by atoms with Crippen LogP contribution in [0.4, 0.5) is 5.69 Å². The highest BCUT2D eigenvalue weighted by molar-refractivity contribution is 7.22. The van der Waals surface area contributed by atoms with Crippen molar-refractivity contribution in [2.75, 3.05) is 5.73 Å². The fraction of sp³-hybridized carbons (Fsp3) is 0. The Bertz CT molecular complexity index is 438. The summed E-state index contributed by atoms with van der Waals surface area (Å²) in [6.07, 6.45) is 0. The third-order valence-corrected chi connectivity index (χ3v) is 3.03. The van der Waals surface area contributed by atoms with Gasteiger partial charge in [-0.05, 0) is 12.1 Å². The predicted molar refractivity (Wildman–Crippen MR) is 54.1 cm³/mol. The Kier molecular flexibility index (Phi) is 1.87. The topological polar surface area (TPSA) is 38.9 Å². The molecule has 62 valence electrons. The number of rotatable bonds is 0. The fourth-order valence-electron chi connectivity index (χ4n) is 0.950. The molecule has 0 aliphatic heterocycles. The second-order valence-corrected chi connectivity index (χ2v) is 4.27. The van der Waals surface area contributed by atoms with Gasteiger partial charge in [0.25, 0.3) is 0 Å². The lowest BCUT2D eigenvalue weighted by molar-refractivity contribution is 1.50. The Morgan fingerprint density at radius 3 is 2.83 bits per heavy atom. The van der Waals surface area contributed by atoms with Gasteiger partial charge in [-0.15, -0.1) is 11.3 Å². The molecule has 2 rings (SSSR count). The smallest absolute Gasteiger partial charge is 0.184 e. The molecular formula is C7H4Cl2N2S. The van der Waals surface area contributed by atoms with Crippen LogP contribution in [0.15, 0.2) is 12.1 Å². The van der Waals surface area contributed by atoms with Crippen LogP contribution in [-0.2, 0) is 0 Å². The Morgan fingerprint density at radius 1 is 1.33 bits per heavy atom. The van der Waals surface area contributed by atoms with Crippen LogP contribution in [0.2, 0.25) is 9.49 Å². The lowest BCUT2D eigenvalue weighted by Crippen LogP contribution is -1.85. The summed E-state index contributed by atoms with van der Waals surface area (Å²) in [4.78, 5) is 4.05. The summed E-state index contributed by atoms with van der Waals surface area (Å²) in [5.41, 5.74) is 6.80. The van der Waals surface area contributed by atoms with Gasteiger partial charge in [0.15, 0.2) is 4.47 Å². The molecule has 0 bridgehead atoms. The maximum absolute atomic E-state index is 5.90. The van der Waals surface area contributed by atoms with E-state index in [1.54, 1.807) is 6.07 Å². The molecule has 2 nitrogen and oxygen atoms in total. The van der Waals surface area contributed by atoms with Crippen molar-refractivity contribution in [3.63, 3.8) is 0 Å². The van der Waals surface area contributed by atoms with Gasteiger partial charge in [0.2, 0.25) is 0 Å². The van der Waals surface area contributed by atoms with Crippen molar-refractivity contribution in [1.82, 2.24) is 4.98 Å². The summed E-state index contributed by atoms with van der Waals surface area (Å²) in [5.74, 6) is 0. The van der Waals surface area contributed by atoms with E-state index in [0.29, 0.717) is 20.7 Å². The van der Waals surface area contributed by atoms with E-state index in [0.717, 1.165) is 4.70 Å². The molecule has 0 aliphatic rings. The van der Waals surface area contributed by atoms with Crippen molar-refractivity contribution in [2.45, 2.75) is 0 Å². The first-order chi connectivity index (χ1) is 5.68. The quantitative estimate of drug-likeness (QED) is 0.691. The Balaban J connectivity index is 2.89. The van der Waals surface area contributed by atoms with Gasteiger partial charge >= 0.3 is 0 Å². The van der Waals surface area contributed by atoms with Crippen molar-refractivity contribution in [1.29, 1.82) is 0 Å². The number of thiazole rings is 1. The molecule has 2 aromatic rings. The SMILES string of the molecule is Nc1ccc2sc(Cl)nc2c1Cl. The molecule has 0 radical (unpaired) electrons. The second-order valence-electron chi connectivity index (χ2n) is 2.28.